The highest BCUT2D eigenvalue weighted by Crippen LogP contribution is 2.21. The Balaban J connectivity index is 2.72. The minimum absolute atomic E-state index is 0.299. The van der Waals surface area contributed by atoms with Gasteiger partial charge in [-0.05, 0) is 24.5 Å². The quantitative estimate of drug-likeness (QED) is 0.762. The average Bonchev–Trinajstić information content (AvgIpc) is 2.03. The molecule has 0 radical (unpaired) electrons. The van der Waals surface area contributed by atoms with Gasteiger partial charge in [0.05, 0.1) is 0 Å². The zero-order valence-corrected chi connectivity index (χ0v) is 8.91. The van der Waals surface area contributed by atoms with Crippen molar-refractivity contribution < 1.29 is 9.13 Å². The molecule has 0 amide bonds. The van der Waals surface area contributed by atoms with Gasteiger partial charge in [0.15, 0.2) is 11.6 Å². The summed E-state index contributed by atoms with van der Waals surface area (Å²) >= 11 is 4.67. The lowest BCUT2D eigenvalue weighted by Gasteiger charge is -2.04. The van der Waals surface area contributed by atoms with Crippen molar-refractivity contribution in [2.45, 2.75) is 0 Å². The highest BCUT2D eigenvalue weighted by molar-refractivity contribution is 9.10. The Morgan fingerprint density at radius 2 is 2.33 bits per heavy atom. The van der Waals surface area contributed by atoms with Gasteiger partial charge in [-0.1, -0.05) is 15.9 Å². The monoisotopic (exact) mass is 250 g/mol. The van der Waals surface area contributed by atoms with Gasteiger partial charge in [-0.15, -0.1) is 11.8 Å². The lowest BCUT2D eigenvalue weighted by Crippen LogP contribution is -1.94. The molecule has 1 aromatic rings. The van der Waals surface area contributed by atoms with Crippen LogP contribution in [-0.2, 0) is 0 Å². The van der Waals surface area contributed by atoms with Crippen LogP contribution in [0.25, 0.3) is 0 Å². The van der Waals surface area contributed by atoms with Crippen molar-refractivity contribution in [2.24, 2.45) is 0 Å². The first-order valence-corrected chi connectivity index (χ1v) is 5.49. The number of ether oxygens (including phenoxy) is 1. The molecule has 1 rings (SSSR count). The van der Waals surface area contributed by atoms with Crippen molar-refractivity contribution in [3.63, 3.8) is 0 Å². The van der Waals surface area contributed by atoms with Crippen LogP contribution in [0.4, 0.5) is 4.39 Å². The van der Waals surface area contributed by atoms with Crippen LogP contribution in [0.3, 0.4) is 0 Å². The van der Waals surface area contributed by atoms with Crippen molar-refractivity contribution in [3.05, 3.63) is 28.5 Å². The van der Waals surface area contributed by atoms with Crippen molar-refractivity contribution in [3.8, 4) is 5.75 Å². The molecule has 1 aromatic carbocycles. The van der Waals surface area contributed by atoms with Gasteiger partial charge in [0.2, 0.25) is 0 Å². The Hall–Kier alpha value is -0.220. The largest absolute Gasteiger partial charge is 0.480 e. The number of rotatable bonds is 3. The minimum atomic E-state index is -0.335. The summed E-state index contributed by atoms with van der Waals surface area (Å²) in [6, 6.07) is 4.74. The zero-order valence-electron chi connectivity index (χ0n) is 6.51. The van der Waals surface area contributed by atoms with Crippen LogP contribution in [0.1, 0.15) is 0 Å². The Labute approximate surface area is 83.4 Å². The first-order chi connectivity index (χ1) is 5.74. The SMILES string of the molecule is CSCOc1ccc(Br)cc1F. The maximum atomic E-state index is 13.0. The van der Waals surface area contributed by atoms with E-state index in [4.69, 9.17) is 4.74 Å². The highest BCUT2D eigenvalue weighted by atomic mass is 79.9. The van der Waals surface area contributed by atoms with Gasteiger partial charge in [-0.2, -0.15) is 0 Å². The van der Waals surface area contributed by atoms with E-state index < -0.39 is 0 Å². The number of hydrogen-bond acceptors (Lipinski definition) is 2. The lowest BCUT2D eigenvalue weighted by atomic mass is 10.3. The Morgan fingerprint density at radius 3 is 2.92 bits per heavy atom. The van der Waals surface area contributed by atoms with Crippen LogP contribution in [0.2, 0.25) is 0 Å². The molecule has 66 valence electrons. The first-order valence-electron chi connectivity index (χ1n) is 3.31. The molecule has 0 unspecified atom stereocenters. The molecule has 0 saturated heterocycles. The topological polar surface area (TPSA) is 9.23 Å². The van der Waals surface area contributed by atoms with E-state index in [9.17, 15) is 4.39 Å². The molecule has 0 fully saturated rings. The van der Waals surface area contributed by atoms with Gasteiger partial charge in [0.1, 0.15) is 5.94 Å². The third-order valence-electron chi connectivity index (χ3n) is 1.23. The molecule has 0 bridgehead atoms. The van der Waals surface area contributed by atoms with E-state index in [1.807, 2.05) is 6.26 Å². The summed E-state index contributed by atoms with van der Waals surface area (Å²) in [6.45, 7) is 0. The maximum Gasteiger partial charge on any atom is 0.166 e. The fourth-order valence-electron chi connectivity index (χ4n) is 0.715. The fourth-order valence-corrected chi connectivity index (χ4v) is 1.29. The van der Waals surface area contributed by atoms with E-state index in [0.717, 1.165) is 4.47 Å². The van der Waals surface area contributed by atoms with Crippen molar-refractivity contribution in [1.29, 1.82) is 0 Å². The summed E-state index contributed by atoms with van der Waals surface area (Å²) in [6.07, 6.45) is 1.90. The van der Waals surface area contributed by atoms with E-state index in [0.29, 0.717) is 11.7 Å². The Kier molecular flexibility index (Phi) is 3.88. The Bertz CT molecular complexity index is 267. The van der Waals surface area contributed by atoms with Gasteiger partial charge in [0, 0.05) is 4.47 Å². The summed E-state index contributed by atoms with van der Waals surface area (Å²) in [5, 5.41) is 0. The predicted octanol–water partition coefficient (Wildman–Crippen LogP) is 3.29. The van der Waals surface area contributed by atoms with E-state index in [2.05, 4.69) is 15.9 Å². The second-order valence-electron chi connectivity index (χ2n) is 2.13. The van der Waals surface area contributed by atoms with E-state index in [1.165, 1.54) is 17.8 Å². The second kappa shape index (κ2) is 4.72. The molecule has 0 saturated carbocycles. The molecule has 12 heavy (non-hydrogen) atoms. The van der Waals surface area contributed by atoms with Crippen molar-refractivity contribution >= 4 is 27.7 Å². The van der Waals surface area contributed by atoms with Gasteiger partial charge in [-0.25, -0.2) is 4.39 Å². The fraction of sp³-hybridized carbons (Fsp3) is 0.250. The molecule has 0 aliphatic carbocycles. The third kappa shape index (κ3) is 2.68. The van der Waals surface area contributed by atoms with Crippen molar-refractivity contribution in [2.75, 3.05) is 12.2 Å². The molecular formula is C8H8BrFOS. The smallest absolute Gasteiger partial charge is 0.166 e. The molecular weight excluding hydrogens is 243 g/mol. The third-order valence-corrected chi connectivity index (χ3v) is 2.07. The second-order valence-corrected chi connectivity index (χ2v) is 3.85. The van der Waals surface area contributed by atoms with Crippen molar-refractivity contribution in [1.82, 2.24) is 0 Å². The standard InChI is InChI=1S/C8H8BrFOS/c1-12-5-11-8-3-2-6(9)4-7(8)10/h2-4H,5H2,1H3. The number of thioether (sulfide) groups is 1. The maximum absolute atomic E-state index is 13.0. The number of benzene rings is 1. The summed E-state index contributed by atoms with van der Waals surface area (Å²) in [4.78, 5) is 0. The Morgan fingerprint density at radius 1 is 1.58 bits per heavy atom. The first kappa shape index (κ1) is 9.86. The van der Waals surface area contributed by atoms with Gasteiger partial charge >= 0.3 is 0 Å². The molecule has 4 heteroatoms. The lowest BCUT2D eigenvalue weighted by molar-refractivity contribution is 0.368. The summed E-state index contributed by atoms with van der Waals surface area (Å²) < 4.78 is 18.8. The summed E-state index contributed by atoms with van der Waals surface area (Å²) in [5.41, 5.74) is 0. The van der Waals surface area contributed by atoms with Crippen LogP contribution in [0, 0.1) is 5.82 Å². The van der Waals surface area contributed by atoms with E-state index in [-0.39, 0.29) is 5.82 Å². The van der Waals surface area contributed by atoms with Crippen LogP contribution in [0.5, 0.6) is 5.75 Å². The van der Waals surface area contributed by atoms with Gasteiger partial charge < -0.3 is 4.74 Å². The molecule has 0 aliphatic heterocycles. The van der Waals surface area contributed by atoms with Crippen LogP contribution in [-0.4, -0.2) is 12.2 Å². The predicted molar refractivity (Wildman–Crippen MR) is 53.1 cm³/mol. The van der Waals surface area contributed by atoms with Crippen LogP contribution in [0.15, 0.2) is 22.7 Å². The van der Waals surface area contributed by atoms with Crippen LogP contribution < -0.4 is 4.74 Å². The summed E-state index contributed by atoms with van der Waals surface area (Å²) in [5.74, 6) is 0.435. The van der Waals surface area contributed by atoms with E-state index in [1.54, 1.807) is 12.1 Å². The summed E-state index contributed by atoms with van der Waals surface area (Å²) in [7, 11) is 0. The van der Waals surface area contributed by atoms with Crippen LogP contribution >= 0.6 is 27.7 Å². The molecule has 0 N–H and O–H groups in total. The number of halogens is 2. The van der Waals surface area contributed by atoms with Gasteiger partial charge in [-0.3, -0.25) is 0 Å². The minimum Gasteiger partial charge on any atom is -0.480 e. The highest BCUT2D eigenvalue weighted by Gasteiger charge is 2.02. The van der Waals surface area contributed by atoms with Gasteiger partial charge in [0.25, 0.3) is 0 Å². The van der Waals surface area contributed by atoms with E-state index >= 15 is 0 Å². The molecule has 0 aromatic heterocycles. The molecule has 1 nitrogen and oxygen atoms in total. The number of hydrogen-bond donors (Lipinski definition) is 0. The average molecular weight is 251 g/mol. The molecule has 0 aliphatic rings. The molecule has 0 heterocycles. The normalized spacial score (nSPS) is 9.92. The molecule has 0 spiro atoms. The zero-order chi connectivity index (χ0) is 8.97. The molecule has 0 atom stereocenters.